The summed E-state index contributed by atoms with van der Waals surface area (Å²) in [6.45, 7) is 12.2. The van der Waals surface area contributed by atoms with Crippen LogP contribution in [0, 0.1) is 21.5 Å². The van der Waals surface area contributed by atoms with Crippen LogP contribution in [0.4, 0.5) is 0 Å². The molecule has 0 aromatic carbocycles. The summed E-state index contributed by atoms with van der Waals surface area (Å²) < 4.78 is 0. The third-order valence-corrected chi connectivity index (χ3v) is 2.99. The van der Waals surface area contributed by atoms with E-state index in [2.05, 4.69) is 44.9 Å². The van der Waals surface area contributed by atoms with E-state index >= 15 is 0 Å². The Morgan fingerprint density at radius 3 is 2.27 bits per heavy atom. The smallest absolute Gasteiger partial charge is 0.151 e. The first-order valence-electron chi connectivity index (χ1n) is 5.36. The molecule has 0 atom stereocenters. The van der Waals surface area contributed by atoms with Gasteiger partial charge in [-0.2, -0.15) is 10.1 Å². The molecule has 0 bridgehead atoms. The Bertz CT molecular complexity index is 218. The highest BCUT2D eigenvalue weighted by atomic mass is 32.2. The summed E-state index contributed by atoms with van der Waals surface area (Å²) in [6.07, 6.45) is 2.36. The first kappa shape index (κ1) is 14.8. The fourth-order valence-corrected chi connectivity index (χ4v) is 2.01. The zero-order chi connectivity index (χ0) is 11.9. The summed E-state index contributed by atoms with van der Waals surface area (Å²) >= 11 is 1.02. The van der Waals surface area contributed by atoms with E-state index in [1.807, 2.05) is 5.40 Å². The molecule has 0 aliphatic rings. The van der Waals surface area contributed by atoms with Gasteiger partial charge in [-0.25, -0.2) is 5.43 Å². The van der Waals surface area contributed by atoms with Crippen LogP contribution in [0.1, 0.15) is 47.5 Å². The Morgan fingerprint density at radius 1 is 1.20 bits per heavy atom. The normalized spacial score (nSPS) is 12.5. The third kappa shape index (κ3) is 7.66. The van der Waals surface area contributed by atoms with Crippen LogP contribution in [-0.4, -0.2) is 6.54 Å². The lowest BCUT2D eigenvalue weighted by atomic mass is 9.74. The minimum absolute atomic E-state index is 0.239. The van der Waals surface area contributed by atoms with Gasteiger partial charge in [-0.1, -0.05) is 41.0 Å². The Hall–Kier alpha value is -0.240. The molecule has 88 valence electrons. The van der Waals surface area contributed by atoms with Crippen LogP contribution in [0.5, 0.6) is 0 Å². The highest BCUT2D eigenvalue weighted by Crippen LogP contribution is 2.35. The molecule has 0 heterocycles. The zero-order valence-corrected chi connectivity index (χ0v) is 11.3. The third-order valence-electron chi connectivity index (χ3n) is 2.65. The first-order valence-corrected chi connectivity index (χ1v) is 6.17. The molecular weight excluding hydrogens is 206 g/mol. The van der Waals surface area contributed by atoms with Gasteiger partial charge in [0.15, 0.2) is 5.40 Å². The number of hydrogen-bond donors (Lipinski definition) is 2. The average Bonchev–Trinajstić information content (AvgIpc) is 2.11. The summed E-state index contributed by atoms with van der Waals surface area (Å²) in [7, 11) is 0. The monoisotopic (exact) mass is 229 g/mol. The lowest BCUT2D eigenvalue weighted by Gasteiger charge is -2.34. The maximum Gasteiger partial charge on any atom is 0.151 e. The van der Waals surface area contributed by atoms with Gasteiger partial charge in [0.2, 0.25) is 0 Å². The topological polar surface area (TPSA) is 47.8 Å². The highest BCUT2D eigenvalue weighted by molar-refractivity contribution is 8.01. The predicted molar refractivity (Wildman–Crippen MR) is 66.8 cm³/mol. The highest BCUT2D eigenvalue weighted by Gasteiger charge is 2.27. The number of nitrogens with zero attached hydrogens (tertiary/aromatic N) is 1. The summed E-state index contributed by atoms with van der Waals surface area (Å²) in [5.41, 5.74) is 3.68. The molecule has 0 aliphatic heterocycles. The Balaban J connectivity index is 3.92. The van der Waals surface area contributed by atoms with Gasteiger partial charge < -0.3 is 0 Å². The van der Waals surface area contributed by atoms with Gasteiger partial charge in [-0.3, -0.25) is 0 Å². The van der Waals surface area contributed by atoms with Crippen LogP contribution in [0.2, 0.25) is 0 Å². The van der Waals surface area contributed by atoms with Crippen molar-refractivity contribution in [1.29, 1.82) is 5.26 Å². The van der Waals surface area contributed by atoms with Crippen molar-refractivity contribution >= 4 is 11.9 Å². The lowest BCUT2D eigenvalue weighted by Crippen LogP contribution is -2.37. The van der Waals surface area contributed by atoms with E-state index in [0.717, 1.165) is 18.5 Å². The second kappa shape index (κ2) is 6.37. The molecule has 0 aromatic heterocycles. The van der Waals surface area contributed by atoms with Gasteiger partial charge in [-0.05, 0) is 17.3 Å². The van der Waals surface area contributed by atoms with Crippen molar-refractivity contribution < 1.29 is 0 Å². The molecular formula is C11H23N3S. The molecule has 0 spiro atoms. The minimum atomic E-state index is 0.239. The van der Waals surface area contributed by atoms with Crippen molar-refractivity contribution in [1.82, 2.24) is 10.3 Å². The van der Waals surface area contributed by atoms with E-state index in [0.29, 0.717) is 5.41 Å². The fourth-order valence-electron chi connectivity index (χ4n) is 1.82. The summed E-state index contributed by atoms with van der Waals surface area (Å²) in [5, 5.41) is 10.3. The summed E-state index contributed by atoms with van der Waals surface area (Å²) in [4.78, 5) is 2.80. The quantitative estimate of drug-likeness (QED) is 0.305. The van der Waals surface area contributed by atoms with E-state index in [1.54, 1.807) is 0 Å². The molecule has 0 rings (SSSR count). The molecule has 0 radical (unpaired) electrons. The largest absolute Gasteiger partial charge is 0.247 e. The van der Waals surface area contributed by atoms with E-state index in [4.69, 9.17) is 5.26 Å². The number of thiocyanates is 1. The molecule has 0 aliphatic carbocycles. The second-order valence-electron chi connectivity index (χ2n) is 5.51. The molecule has 2 N–H and O–H groups in total. The van der Waals surface area contributed by atoms with E-state index in [1.165, 1.54) is 12.8 Å². The summed E-state index contributed by atoms with van der Waals surface area (Å²) in [5.74, 6) is 0. The number of rotatable bonds is 7. The van der Waals surface area contributed by atoms with Crippen LogP contribution >= 0.6 is 11.9 Å². The van der Waals surface area contributed by atoms with E-state index < -0.39 is 0 Å². The molecule has 0 fully saturated rings. The van der Waals surface area contributed by atoms with Crippen LogP contribution in [0.3, 0.4) is 0 Å². The van der Waals surface area contributed by atoms with Gasteiger partial charge in [-0.15, -0.1) is 0 Å². The van der Waals surface area contributed by atoms with Crippen molar-refractivity contribution in [2.24, 2.45) is 10.8 Å². The molecule has 0 unspecified atom stereocenters. The van der Waals surface area contributed by atoms with Crippen LogP contribution in [0.25, 0.3) is 0 Å². The number of nitrogens with one attached hydrogen (secondary N) is 2. The van der Waals surface area contributed by atoms with Gasteiger partial charge in [0.1, 0.15) is 0 Å². The van der Waals surface area contributed by atoms with Crippen molar-refractivity contribution in [2.45, 2.75) is 47.5 Å². The minimum Gasteiger partial charge on any atom is -0.247 e. The van der Waals surface area contributed by atoms with Crippen molar-refractivity contribution in [2.75, 3.05) is 6.54 Å². The molecule has 0 saturated carbocycles. The molecule has 4 heteroatoms. The van der Waals surface area contributed by atoms with Crippen LogP contribution in [0.15, 0.2) is 0 Å². The Kier molecular flexibility index (Phi) is 6.26. The van der Waals surface area contributed by atoms with Gasteiger partial charge in [0, 0.05) is 6.54 Å². The number of hydrazine groups is 1. The van der Waals surface area contributed by atoms with E-state index in [9.17, 15) is 0 Å². The average molecular weight is 229 g/mol. The van der Waals surface area contributed by atoms with Crippen molar-refractivity contribution in [3.05, 3.63) is 0 Å². The fraction of sp³-hybridized carbons (Fsp3) is 0.909. The Labute approximate surface area is 98.1 Å². The molecule has 0 saturated heterocycles. The van der Waals surface area contributed by atoms with Gasteiger partial charge in [0.05, 0.1) is 11.9 Å². The SMILES string of the molecule is CCC(C)(C)CC(C)(C)CNNSC#N. The van der Waals surface area contributed by atoms with Crippen molar-refractivity contribution in [3.8, 4) is 5.40 Å². The molecule has 3 nitrogen and oxygen atoms in total. The van der Waals surface area contributed by atoms with Crippen molar-refractivity contribution in [3.63, 3.8) is 0 Å². The standard InChI is InChI=1S/C11H23N3S/c1-6-10(2,3)7-11(4,5)8-13-14-15-9-12/h13-14H,6-8H2,1-5H3. The maximum absolute atomic E-state index is 8.33. The zero-order valence-electron chi connectivity index (χ0n) is 10.5. The number of nitriles is 1. The Morgan fingerprint density at radius 2 is 1.80 bits per heavy atom. The maximum atomic E-state index is 8.33. The second-order valence-corrected chi connectivity index (χ2v) is 6.10. The summed E-state index contributed by atoms with van der Waals surface area (Å²) in [6, 6.07) is 0. The number of hydrogen-bond acceptors (Lipinski definition) is 4. The van der Waals surface area contributed by atoms with Gasteiger partial charge >= 0.3 is 0 Å². The van der Waals surface area contributed by atoms with Gasteiger partial charge in [0.25, 0.3) is 0 Å². The lowest BCUT2D eigenvalue weighted by molar-refractivity contribution is 0.182. The van der Waals surface area contributed by atoms with E-state index in [-0.39, 0.29) is 5.41 Å². The van der Waals surface area contributed by atoms with Crippen LogP contribution < -0.4 is 10.3 Å². The molecule has 15 heavy (non-hydrogen) atoms. The predicted octanol–water partition coefficient (Wildman–Crippen LogP) is 3.06. The molecule has 0 amide bonds. The first-order chi connectivity index (χ1) is 6.83. The van der Waals surface area contributed by atoms with Crippen LogP contribution in [-0.2, 0) is 0 Å². The molecule has 0 aromatic rings.